The smallest absolute Gasteiger partial charge is 0.243 e. The van der Waals surface area contributed by atoms with Crippen LogP contribution in [0.25, 0.3) is 17.1 Å². The molecule has 5 rings (SSSR count). The van der Waals surface area contributed by atoms with Gasteiger partial charge in [-0.05, 0) is 48.5 Å². The first kappa shape index (κ1) is 26.8. The van der Waals surface area contributed by atoms with Crippen LogP contribution in [-0.2, 0) is 14.8 Å². The first-order chi connectivity index (χ1) is 18.7. The van der Waals surface area contributed by atoms with E-state index in [-0.39, 0.29) is 40.8 Å². The Labute approximate surface area is 227 Å². The molecule has 2 N–H and O–H groups in total. The second kappa shape index (κ2) is 11.1. The molecule has 1 aromatic heterocycles. The number of carbonyl (C=O) groups excluding carboxylic acids is 1. The van der Waals surface area contributed by atoms with E-state index in [0.717, 1.165) is 17.8 Å². The summed E-state index contributed by atoms with van der Waals surface area (Å²) in [7, 11) is -3.77. The molecule has 0 saturated carbocycles. The van der Waals surface area contributed by atoms with Gasteiger partial charge in [-0.3, -0.25) is 9.36 Å². The van der Waals surface area contributed by atoms with Crippen LogP contribution in [0.2, 0.25) is 0 Å². The molecule has 4 aromatic rings. The Morgan fingerprint density at radius 3 is 2.46 bits per heavy atom. The molecule has 0 atom stereocenters. The fraction of sp³-hybridized carbons (Fsp3) is 0.192. The average Bonchev–Trinajstić information content (AvgIpc) is 3.37. The zero-order valence-electron chi connectivity index (χ0n) is 20.4. The number of morpholine rings is 1. The molecule has 0 bridgehead atoms. The number of hydrogen-bond donors (Lipinski definition) is 2. The van der Waals surface area contributed by atoms with Crippen molar-refractivity contribution in [3.05, 3.63) is 78.1 Å². The molecular weight excluding hydrogens is 547 g/mol. The van der Waals surface area contributed by atoms with Gasteiger partial charge in [-0.15, -0.1) is 10.2 Å². The minimum absolute atomic E-state index is 0.0365. The number of aromatic nitrogens is 3. The molecule has 0 aliphatic carbocycles. The lowest BCUT2D eigenvalue weighted by Gasteiger charge is -2.26. The predicted molar refractivity (Wildman–Crippen MR) is 141 cm³/mol. The quantitative estimate of drug-likeness (QED) is 0.241. The Bertz CT molecular complexity index is 1620. The van der Waals surface area contributed by atoms with Crippen molar-refractivity contribution in [2.75, 3.05) is 32.1 Å². The van der Waals surface area contributed by atoms with Gasteiger partial charge >= 0.3 is 0 Å². The van der Waals surface area contributed by atoms with Gasteiger partial charge in [0.15, 0.2) is 16.8 Å². The molecule has 1 fully saturated rings. The maximum atomic E-state index is 13.7. The van der Waals surface area contributed by atoms with E-state index >= 15 is 0 Å². The number of sulfonamides is 1. The van der Waals surface area contributed by atoms with E-state index in [1.54, 1.807) is 16.7 Å². The molecule has 3 aromatic carbocycles. The monoisotopic (exact) mass is 570 g/mol. The van der Waals surface area contributed by atoms with Crippen molar-refractivity contribution in [2.24, 2.45) is 0 Å². The van der Waals surface area contributed by atoms with Gasteiger partial charge < -0.3 is 14.9 Å². The first-order valence-electron chi connectivity index (χ1n) is 11.8. The Kier molecular flexibility index (Phi) is 7.66. The van der Waals surface area contributed by atoms with Crippen molar-refractivity contribution < 1.29 is 32.6 Å². The number of benzene rings is 3. The van der Waals surface area contributed by atoms with Gasteiger partial charge in [0, 0.05) is 30.4 Å². The molecule has 1 aliphatic heterocycles. The lowest BCUT2D eigenvalue weighted by molar-refractivity contribution is 0.0730. The lowest BCUT2D eigenvalue weighted by Crippen LogP contribution is -2.40. The molecule has 202 valence electrons. The summed E-state index contributed by atoms with van der Waals surface area (Å²) in [6.45, 7) is 1.14. The molecule has 0 amide bonds. The largest absolute Gasteiger partial charge is 0.508 e. The van der Waals surface area contributed by atoms with Crippen LogP contribution in [0.5, 0.6) is 11.5 Å². The van der Waals surface area contributed by atoms with Gasteiger partial charge in [-0.2, -0.15) is 4.31 Å². The molecule has 13 heteroatoms. The van der Waals surface area contributed by atoms with Crippen molar-refractivity contribution in [2.45, 2.75) is 10.1 Å². The number of hydrogen-bond acceptors (Lipinski definition) is 9. The number of halogens is 1. The van der Waals surface area contributed by atoms with Gasteiger partial charge in [-0.1, -0.05) is 23.9 Å². The number of ether oxygens (including phenoxy) is 1. The molecule has 1 aliphatic rings. The van der Waals surface area contributed by atoms with Crippen LogP contribution >= 0.6 is 11.8 Å². The summed E-state index contributed by atoms with van der Waals surface area (Å²) >= 11 is 1.04. The third kappa shape index (κ3) is 5.66. The summed E-state index contributed by atoms with van der Waals surface area (Å²) in [5.41, 5.74) is 0.991. The number of ketones is 1. The van der Waals surface area contributed by atoms with Crippen molar-refractivity contribution >= 4 is 27.6 Å². The number of thioether (sulfide) groups is 1. The maximum absolute atomic E-state index is 13.7. The predicted octanol–water partition coefficient (Wildman–Crippen LogP) is 3.48. The molecule has 2 heterocycles. The summed E-state index contributed by atoms with van der Waals surface area (Å²) in [4.78, 5) is 12.9. The summed E-state index contributed by atoms with van der Waals surface area (Å²) in [5.74, 6) is -1.20. The first-order valence-corrected chi connectivity index (χ1v) is 14.2. The zero-order chi connectivity index (χ0) is 27.6. The van der Waals surface area contributed by atoms with Crippen LogP contribution < -0.4 is 0 Å². The Balaban J connectivity index is 1.50. The number of nitrogens with zero attached hydrogens (tertiary/aromatic N) is 4. The Morgan fingerprint density at radius 2 is 1.74 bits per heavy atom. The van der Waals surface area contributed by atoms with Crippen molar-refractivity contribution in [1.82, 2.24) is 19.1 Å². The van der Waals surface area contributed by atoms with Crippen molar-refractivity contribution in [3.63, 3.8) is 0 Å². The number of phenolic OH excluding ortho intramolecular Hbond substituents is 2. The SMILES string of the molecule is O=C(CSc1nnc(-c2cccc(S(=O)(=O)N3CCOCC3)c2)n1-c1ccc(F)cc1)c1ccc(O)cc1O. The third-order valence-corrected chi connectivity index (χ3v) is 8.86. The third-order valence-electron chi connectivity index (χ3n) is 6.03. The van der Waals surface area contributed by atoms with Crippen molar-refractivity contribution in [3.8, 4) is 28.6 Å². The van der Waals surface area contributed by atoms with E-state index in [1.807, 2.05) is 0 Å². The van der Waals surface area contributed by atoms with Crippen LogP contribution in [0.1, 0.15) is 10.4 Å². The number of rotatable bonds is 8. The van der Waals surface area contributed by atoms with E-state index in [1.165, 1.54) is 52.8 Å². The number of carbonyl (C=O) groups is 1. The maximum Gasteiger partial charge on any atom is 0.243 e. The summed E-state index contributed by atoms with van der Waals surface area (Å²) < 4.78 is 48.4. The summed E-state index contributed by atoms with van der Waals surface area (Å²) in [6.07, 6.45) is 0. The van der Waals surface area contributed by atoms with Crippen LogP contribution in [0.4, 0.5) is 4.39 Å². The van der Waals surface area contributed by atoms with Crippen LogP contribution in [0, 0.1) is 5.82 Å². The highest BCUT2D eigenvalue weighted by Crippen LogP contribution is 2.31. The van der Waals surface area contributed by atoms with Gasteiger partial charge in [0.05, 0.1) is 29.4 Å². The lowest BCUT2D eigenvalue weighted by atomic mass is 10.1. The average molecular weight is 571 g/mol. The summed E-state index contributed by atoms with van der Waals surface area (Å²) in [5, 5.41) is 28.3. The number of phenols is 2. The molecule has 39 heavy (non-hydrogen) atoms. The van der Waals surface area contributed by atoms with Crippen LogP contribution in [0.15, 0.2) is 76.8 Å². The molecule has 0 spiro atoms. The molecule has 0 radical (unpaired) electrons. The van der Waals surface area contributed by atoms with Crippen molar-refractivity contribution in [1.29, 1.82) is 0 Å². The second-order valence-corrected chi connectivity index (χ2v) is 11.5. The van der Waals surface area contributed by atoms with E-state index in [0.29, 0.717) is 35.4 Å². The van der Waals surface area contributed by atoms with Crippen LogP contribution in [-0.4, -0.2) is 75.5 Å². The summed E-state index contributed by atoms with van der Waals surface area (Å²) in [6, 6.07) is 15.6. The minimum atomic E-state index is -3.77. The zero-order valence-corrected chi connectivity index (χ0v) is 22.0. The highest BCUT2D eigenvalue weighted by atomic mass is 32.2. The highest BCUT2D eigenvalue weighted by Gasteiger charge is 2.27. The minimum Gasteiger partial charge on any atom is -0.508 e. The fourth-order valence-corrected chi connectivity index (χ4v) is 6.36. The van der Waals surface area contributed by atoms with Gasteiger partial charge in [0.1, 0.15) is 17.3 Å². The van der Waals surface area contributed by atoms with E-state index in [9.17, 15) is 27.8 Å². The second-order valence-electron chi connectivity index (χ2n) is 8.58. The molecule has 0 unspecified atom stereocenters. The highest BCUT2D eigenvalue weighted by molar-refractivity contribution is 7.99. The fourth-order valence-electron chi connectivity index (χ4n) is 4.07. The Morgan fingerprint density at radius 1 is 1.00 bits per heavy atom. The topological polar surface area (TPSA) is 135 Å². The molecule has 10 nitrogen and oxygen atoms in total. The van der Waals surface area contributed by atoms with Crippen LogP contribution in [0.3, 0.4) is 0 Å². The van der Waals surface area contributed by atoms with E-state index < -0.39 is 21.6 Å². The standard InChI is InChI=1S/C26H23FN4O6S2/c27-18-4-6-19(7-5-18)31-25(17-2-1-3-21(14-17)39(35,36)30-10-12-37-13-11-30)28-29-26(31)38-16-24(34)22-9-8-20(32)15-23(22)33/h1-9,14-15,32-33H,10-13,16H2. The number of Topliss-reactive ketones (excluding diaryl/α,β-unsaturated/α-hetero) is 1. The normalized spacial score (nSPS) is 14.4. The Hall–Kier alpha value is -3.78. The van der Waals surface area contributed by atoms with E-state index in [2.05, 4.69) is 10.2 Å². The van der Waals surface area contributed by atoms with Gasteiger partial charge in [-0.25, -0.2) is 12.8 Å². The molecular formula is C26H23FN4O6S2. The van der Waals surface area contributed by atoms with Gasteiger partial charge in [0.25, 0.3) is 0 Å². The van der Waals surface area contributed by atoms with Gasteiger partial charge in [0.2, 0.25) is 10.0 Å². The number of aromatic hydroxyl groups is 2. The molecule has 1 saturated heterocycles. The van der Waals surface area contributed by atoms with E-state index in [4.69, 9.17) is 4.74 Å².